The van der Waals surface area contributed by atoms with Crippen molar-refractivity contribution in [3.8, 4) is 0 Å². The zero-order valence-electron chi connectivity index (χ0n) is 14.8. The average molecular weight is 366 g/mol. The van der Waals surface area contributed by atoms with E-state index in [-0.39, 0.29) is 0 Å². The summed E-state index contributed by atoms with van der Waals surface area (Å²) in [5, 5.41) is 19.3. The van der Waals surface area contributed by atoms with E-state index in [0.717, 1.165) is 11.4 Å². The maximum atomic E-state index is 10.8. The first-order valence-corrected chi connectivity index (χ1v) is 8.95. The molecule has 0 spiro atoms. The number of benzene rings is 2. The average Bonchev–Trinajstić information content (AvgIpc) is 2.65. The van der Waals surface area contributed by atoms with E-state index in [9.17, 15) is 9.47 Å². The zero-order chi connectivity index (χ0) is 18.9. The first kappa shape index (κ1) is 22.8. The van der Waals surface area contributed by atoms with Crippen molar-refractivity contribution in [3.63, 3.8) is 0 Å². The summed E-state index contributed by atoms with van der Waals surface area (Å²) < 4.78 is 17.8. The maximum absolute atomic E-state index is 10.8. The van der Waals surface area contributed by atoms with Crippen LogP contribution in [-0.4, -0.2) is 0 Å². The van der Waals surface area contributed by atoms with Gasteiger partial charge in [0, 0.05) is 11.4 Å². The lowest BCUT2D eigenvalue weighted by Gasteiger charge is -2.05. The molecule has 1 N–H and O–H groups in total. The highest BCUT2D eigenvalue weighted by Crippen LogP contribution is 2.19. The van der Waals surface area contributed by atoms with Crippen LogP contribution in [0, 0.1) is 0 Å². The molecule has 0 saturated carbocycles. The predicted octanol–water partition coefficient (Wildman–Crippen LogP) is 4.31. The lowest BCUT2D eigenvalue weighted by atomic mass is 10.2. The van der Waals surface area contributed by atoms with Gasteiger partial charge in [-0.2, -0.15) is 0 Å². The SMILES string of the molecule is CC.CCC.O=[S-](=[N+]=Nc1ccc(Nc2ccccc2)cc1)OO[O-]. The Balaban J connectivity index is 0.00000104. The lowest BCUT2D eigenvalue weighted by molar-refractivity contribution is -0.777. The Labute approximate surface area is 150 Å². The highest BCUT2D eigenvalue weighted by Gasteiger charge is 1.96. The smallest absolute Gasteiger partial charge is 0.294 e. The highest BCUT2D eigenvalue weighted by molar-refractivity contribution is 7.68. The summed E-state index contributed by atoms with van der Waals surface area (Å²) in [6.45, 7) is 8.25. The van der Waals surface area contributed by atoms with Crippen molar-refractivity contribution < 1.29 is 18.8 Å². The van der Waals surface area contributed by atoms with Crippen molar-refractivity contribution in [2.75, 3.05) is 5.32 Å². The van der Waals surface area contributed by atoms with E-state index in [1.165, 1.54) is 6.42 Å². The first-order chi connectivity index (χ1) is 12.2. The third-order valence-electron chi connectivity index (χ3n) is 2.24. The molecule has 25 heavy (non-hydrogen) atoms. The topological polar surface area (TPSA) is 97.1 Å². The Kier molecular flexibility index (Phi) is 14.0. The van der Waals surface area contributed by atoms with Crippen molar-refractivity contribution in [1.29, 1.82) is 0 Å². The van der Waals surface area contributed by atoms with Crippen LogP contribution in [-0.2, 0) is 24.5 Å². The summed E-state index contributed by atoms with van der Waals surface area (Å²) in [4.78, 5) is 0. The maximum Gasteiger partial charge on any atom is 0.294 e. The van der Waals surface area contributed by atoms with Crippen LogP contribution >= 0.6 is 0 Å². The van der Waals surface area contributed by atoms with Gasteiger partial charge in [-0.05, 0) is 40.6 Å². The summed E-state index contributed by atoms with van der Waals surface area (Å²) in [6, 6.07) is 16.6. The normalized spacial score (nSPS) is 9.04. The molecule has 8 heteroatoms. The fourth-order valence-corrected chi connectivity index (χ4v) is 1.65. The zero-order valence-corrected chi connectivity index (χ0v) is 15.7. The van der Waals surface area contributed by atoms with Gasteiger partial charge >= 0.3 is 0 Å². The van der Waals surface area contributed by atoms with Crippen LogP contribution in [0.2, 0.25) is 0 Å². The Hall–Kier alpha value is -2.22. The standard InChI is InChI=1S/C12H11N3O4S.C3H8.C2H6/c16-18-19-20(17)15-14-12-8-6-11(7-9-12)13-10-4-2-1-3-5-10;1-3-2;1-2/h1-9,13,16H;3H2,1-2H3;1-2H3/p-1. The fraction of sp³-hybridized carbons (Fsp3) is 0.294. The van der Waals surface area contributed by atoms with Gasteiger partial charge in [0.25, 0.3) is 10.9 Å². The summed E-state index contributed by atoms with van der Waals surface area (Å²) in [6.07, 6.45) is 1.25. The minimum Gasteiger partial charge on any atom is -0.693 e. The van der Waals surface area contributed by atoms with Gasteiger partial charge in [0.05, 0.1) is 0 Å². The van der Waals surface area contributed by atoms with Gasteiger partial charge in [0.15, 0.2) is 0 Å². The van der Waals surface area contributed by atoms with Crippen LogP contribution in [0.3, 0.4) is 0 Å². The van der Waals surface area contributed by atoms with E-state index < -0.39 is 10.9 Å². The van der Waals surface area contributed by atoms with E-state index in [0.29, 0.717) is 5.69 Å². The third kappa shape index (κ3) is 11.0. The van der Waals surface area contributed by atoms with E-state index >= 15 is 0 Å². The van der Waals surface area contributed by atoms with Crippen LogP contribution in [0.1, 0.15) is 34.1 Å². The van der Waals surface area contributed by atoms with Crippen molar-refractivity contribution in [2.24, 2.45) is 5.11 Å². The Morgan fingerprint density at radius 3 is 2.08 bits per heavy atom. The molecule has 138 valence electrons. The predicted molar refractivity (Wildman–Crippen MR) is 97.9 cm³/mol. The first-order valence-electron chi connectivity index (χ1n) is 7.92. The van der Waals surface area contributed by atoms with Crippen molar-refractivity contribution in [2.45, 2.75) is 34.1 Å². The molecule has 2 rings (SSSR count). The Morgan fingerprint density at radius 2 is 1.56 bits per heavy atom. The quantitative estimate of drug-likeness (QED) is 0.280. The van der Waals surface area contributed by atoms with Gasteiger partial charge in [-0.1, -0.05) is 52.3 Å². The van der Waals surface area contributed by atoms with Crippen LogP contribution < -0.4 is 14.7 Å². The van der Waals surface area contributed by atoms with Crippen molar-refractivity contribution >= 4 is 27.9 Å². The largest absolute Gasteiger partial charge is 0.693 e. The van der Waals surface area contributed by atoms with Crippen molar-refractivity contribution in [1.82, 2.24) is 4.16 Å². The molecular weight excluding hydrogens is 342 g/mol. The highest BCUT2D eigenvalue weighted by atomic mass is 32.2. The number of anilines is 2. The van der Waals surface area contributed by atoms with E-state index in [1.807, 2.05) is 44.2 Å². The second-order valence-corrected chi connectivity index (χ2v) is 5.01. The molecule has 0 unspecified atom stereocenters. The number of hydrogen-bond acceptors (Lipinski definition) is 7. The molecular formula is C17H24N3O4S-. The van der Waals surface area contributed by atoms with Crippen LogP contribution in [0.5, 0.6) is 0 Å². The summed E-state index contributed by atoms with van der Waals surface area (Å²) in [5.41, 5.74) is 2.30. The molecule has 0 saturated heterocycles. The molecule has 0 bridgehead atoms. The summed E-state index contributed by atoms with van der Waals surface area (Å²) >= 11 is 0. The molecule has 0 heterocycles. The molecule has 7 nitrogen and oxygen atoms in total. The van der Waals surface area contributed by atoms with Crippen LogP contribution in [0.4, 0.5) is 17.1 Å². The minimum atomic E-state index is -2.25. The van der Waals surface area contributed by atoms with E-state index in [2.05, 4.69) is 37.8 Å². The molecule has 0 amide bonds. The second kappa shape index (κ2) is 15.3. The summed E-state index contributed by atoms with van der Waals surface area (Å²) in [7, 11) is -2.25. The molecule has 0 radical (unpaired) electrons. The van der Waals surface area contributed by atoms with Gasteiger partial charge in [0.2, 0.25) is 0 Å². The molecule has 0 atom stereocenters. The number of para-hydroxylation sites is 1. The van der Waals surface area contributed by atoms with Gasteiger partial charge in [-0.3, -0.25) is 0 Å². The number of hydrogen-bond donors (Lipinski definition) is 1. The fourth-order valence-electron chi connectivity index (χ4n) is 1.42. The molecule has 0 aliphatic heterocycles. The molecule has 2 aromatic carbocycles. The second-order valence-electron chi connectivity index (χ2n) is 4.28. The van der Waals surface area contributed by atoms with Crippen LogP contribution in [0.15, 0.2) is 59.7 Å². The molecule has 2 aromatic rings. The van der Waals surface area contributed by atoms with Crippen molar-refractivity contribution in [3.05, 3.63) is 54.6 Å². The minimum absolute atomic E-state index is 0.464. The monoisotopic (exact) mass is 366 g/mol. The molecule has 0 aliphatic carbocycles. The van der Waals surface area contributed by atoms with Gasteiger partial charge < -0.3 is 19.8 Å². The molecule has 0 fully saturated rings. The number of nitrogens with one attached hydrogen (secondary N) is 1. The molecule has 0 aromatic heterocycles. The van der Waals surface area contributed by atoms with Gasteiger partial charge in [-0.25, -0.2) is 4.33 Å². The number of nitrogens with zero attached hydrogens (tertiary/aromatic N) is 2. The van der Waals surface area contributed by atoms with Gasteiger partial charge in [-0.15, -0.1) is 0 Å². The van der Waals surface area contributed by atoms with Crippen LogP contribution in [0.25, 0.3) is 0 Å². The lowest BCUT2D eigenvalue weighted by Crippen LogP contribution is -2.04. The van der Waals surface area contributed by atoms with E-state index in [1.54, 1.807) is 24.3 Å². The van der Waals surface area contributed by atoms with E-state index in [4.69, 9.17) is 0 Å². The number of rotatable bonds is 5. The summed E-state index contributed by atoms with van der Waals surface area (Å²) in [5.74, 6) is 0. The molecule has 0 aliphatic rings. The Bertz CT molecular complexity index is 681. The van der Waals surface area contributed by atoms with Gasteiger partial charge in [0.1, 0.15) is 10.8 Å². The Morgan fingerprint density at radius 1 is 1.04 bits per heavy atom. The third-order valence-corrected chi connectivity index (χ3v) is 2.63.